The monoisotopic (exact) mass is 1680 g/mol. The summed E-state index contributed by atoms with van der Waals surface area (Å²) < 4.78 is 59.2. The number of aryl methyl sites for hydroxylation is 7. The molecule has 124 heavy (non-hydrogen) atoms. The van der Waals surface area contributed by atoms with Crippen molar-refractivity contribution in [3.05, 3.63) is 281 Å². The number of aromatic nitrogens is 8. The van der Waals surface area contributed by atoms with Crippen LogP contribution in [0, 0.1) is 88.5 Å². The van der Waals surface area contributed by atoms with E-state index in [1.165, 1.54) is 38.9 Å². The molecule has 21 nitrogen and oxygen atoms in total. The second-order valence-electron chi connectivity index (χ2n) is 34.0. The van der Waals surface area contributed by atoms with E-state index in [0.717, 1.165) is 104 Å². The van der Waals surface area contributed by atoms with Crippen LogP contribution in [0.5, 0.6) is 23.5 Å². The van der Waals surface area contributed by atoms with Crippen LogP contribution >= 0.6 is 0 Å². The standard InChI is InChI=1S/C27H29N3O3.C25H29N3O2.C24H24F3N3O2.C24H27N3O2/c1-6-19-8-11-20(12-9-19)22-14-30(15-22)26(31)21-10-7-17(2)23(13-21)24-18(3)25(29-28-24)33-16-27(4,5)32;1-15(2)30-24-18(5)23(26-27-24)22-12-20(11-8-17(22)4)25(29)28-13-21(14-28)19-9-6-16(3)7-10-19;1-14-4-7-17(8-5-14)19-11-30(12-19)23(31)18-9-6-15(2)20(10-18)21-16(3)22(29-28-21)32-13-24(25,26)27;1-5-29-23-17(4)22(25-26-23)21-12-19(11-8-16(21)3)24(28)27-13-20(14-27)18-9-6-15(2)7-10-18/h1,7-13,22,32H,14-16H2,2-5H3,(H,28,29);6-12,15,21H,13-14H2,1-5H3,(H,26,27);4-10,19H,11-13H2,1-3H3,(H,28,29);6-12,20H,5,13-14H2,1-4H3,(H,25,26). The summed E-state index contributed by atoms with van der Waals surface area (Å²) in [6.07, 6.45) is 1.04. The Bertz CT molecular complexity index is 5870. The van der Waals surface area contributed by atoms with E-state index in [1.54, 1.807) is 37.8 Å². The van der Waals surface area contributed by atoms with Gasteiger partial charge in [-0.25, -0.2) is 0 Å². The molecule has 4 fully saturated rings. The Labute approximate surface area is 723 Å². The van der Waals surface area contributed by atoms with Crippen LogP contribution in [0.2, 0.25) is 0 Å². The molecule has 4 aliphatic rings. The number of aromatic amines is 4. The number of hydrogen-bond acceptors (Lipinski definition) is 13. The molecule has 0 radical (unpaired) electrons. The predicted molar refractivity (Wildman–Crippen MR) is 477 cm³/mol. The van der Waals surface area contributed by atoms with Crippen LogP contribution in [0.25, 0.3) is 45.0 Å². The van der Waals surface area contributed by atoms with Crippen LogP contribution in [-0.4, -0.2) is 179 Å². The molecule has 4 aliphatic heterocycles. The van der Waals surface area contributed by atoms with Gasteiger partial charge >= 0.3 is 6.18 Å². The largest absolute Gasteiger partial charge is 0.477 e. The van der Waals surface area contributed by atoms with Gasteiger partial charge in [0, 0.05) is 148 Å². The number of aliphatic hydroxyl groups is 1. The van der Waals surface area contributed by atoms with Gasteiger partial charge in [-0.1, -0.05) is 132 Å². The van der Waals surface area contributed by atoms with Gasteiger partial charge in [0.25, 0.3) is 23.6 Å². The van der Waals surface area contributed by atoms with E-state index in [0.29, 0.717) is 113 Å². The Kier molecular flexibility index (Phi) is 27.0. The highest BCUT2D eigenvalue weighted by atomic mass is 19.4. The van der Waals surface area contributed by atoms with E-state index in [-0.39, 0.29) is 42.2 Å². The number of H-pyrrole nitrogens is 4. The first kappa shape index (κ1) is 88.8. The number of amides is 4. The van der Waals surface area contributed by atoms with Gasteiger partial charge in [0.2, 0.25) is 23.5 Å². The van der Waals surface area contributed by atoms with E-state index in [9.17, 15) is 37.5 Å². The predicted octanol–water partition coefficient (Wildman–Crippen LogP) is 18.9. The lowest BCUT2D eigenvalue weighted by Gasteiger charge is -2.39. The van der Waals surface area contributed by atoms with Crippen molar-refractivity contribution in [2.75, 3.05) is 72.2 Å². The number of benzene rings is 8. The quantitative estimate of drug-likeness (QED) is 0.0420. The van der Waals surface area contributed by atoms with Crippen molar-refractivity contribution in [2.45, 2.75) is 152 Å². The van der Waals surface area contributed by atoms with Crippen LogP contribution in [0.1, 0.15) is 189 Å². The zero-order valence-electron chi connectivity index (χ0n) is 73.3. The third-order valence-electron chi connectivity index (χ3n) is 23.3. The zero-order chi connectivity index (χ0) is 88.8. The fourth-order valence-electron chi connectivity index (χ4n) is 15.5. The zero-order valence-corrected chi connectivity index (χ0v) is 73.3. The third kappa shape index (κ3) is 20.7. The number of ether oxygens (including phenoxy) is 4. The number of nitrogens with one attached hydrogen (secondary N) is 4. The van der Waals surface area contributed by atoms with Crippen molar-refractivity contribution in [1.82, 2.24) is 60.4 Å². The van der Waals surface area contributed by atoms with E-state index in [4.69, 9.17) is 25.4 Å². The minimum atomic E-state index is -4.44. The maximum Gasteiger partial charge on any atom is 0.422 e. The number of carbonyl (C=O) groups excluding carboxylic acids is 4. The van der Waals surface area contributed by atoms with Crippen LogP contribution in [0.3, 0.4) is 0 Å². The number of nitrogens with zero attached hydrogens (tertiary/aromatic N) is 8. The smallest absolute Gasteiger partial charge is 0.422 e. The van der Waals surface area contributed by atoms with Crippen molar-refractivity contribution in [1.29, 1.82) is 0 Å². The first-order valence-electron chi connectivity index (χ1n) is 42.0. The molecule has 24 heteroatoms. The average Bonchev–Trinajstić information content (AvgIpc) is 1.29. The summed E-state index contributed by atoms with van der Waals surface area (Å²) in [6.45, 7) is 36.0. The highest BCUT2D eigenvalue weighted by molar-refractivity contribution is 5.99. The van der Waals surface area contributed by atoms with Crippen molar-refractivity contribution in [3.8, 4) is 80.9 Å². The molecule has 0 unspecified atom stereocenters. The molecular weight excluding hydrogens is 1570 g/mol. The topological polar surface area (TPSA) is 253 Å². The van der Waals surface area contributed by atoms with Crippen LogP contribution in [0.15, 0.2) is 170 Å². The van der Waals surface area contributed by atoms with Crippen LogP contribution < -0.4 is 18.9 Å². The number of hydrogen-bond donors (Lipinski definition) is 5. The highest BCUT2D eigenvalue weighted by Gasteiger charge is 2.38. The maximum atomic E-state index is 13.1. The first-order valence-corrected chi connectivity index (χ1v) is 42.0. The molecular formula is C100H109F3N12O9. The van der Waals surface area contributed by atoms with Gasteiger partial charge in [0.15, 0.2) is 6.61 Å². The molecule has 5 N–H and O–H groups in total. The summed E-state index contributed by atoms with van der Waals surface area (Å²) in [5.74, 6) is 5.81. The Balaban J connectivity index is 0.000000142. The lowest BCUT2D eigenvalue weighted by atomic mass is 9.90. The molecule has 0 aliphatic carbocycles. The van der Waals surface area contributed by atoms with Gasteiger partial charge in [0.05, 0.1) is 41.1 Å². The Morgan fingerprint density at radius 3 is 0.927 bits per heavy atom. The molecule has 4 amide bonds. The first-order chi connectivity index (χ1) is 59.1. The second kappa shape index (κ2) is 37.8. The molecule has 8 heterocycles. The number of likely N-dealkylation sites (tertiary alicyclic amines) is 4. The maximum absolute atomic E-state index is 13.1. The number of alkyl halides is 3. The Morgan fingerprint density at radius 1 is 0.411 bits per heavy atom. The van der Waals surface area contributed by atoms with Crippen molar-refractivity contribution in [2.24, 2.45) is 0 Å². The van der Waals surface area contributed by atoms with Gasteiger partial charge in [-0.3, -0.25) is 39.6 Å². The fraction of sp³-hybridized carbons (Fsp3) is 0.340. The summed E-state index contributed by atoms with van der Waals surface area (Å²) in [7, 11) is 0. The van der Waals surface area contributed by atoms with Gasteiger partial charge in [0.1, 0.15) is 6.61 Å². The summed E-state index contributed by atoms with van der Waals surface area (Å²) in [4.78, 5) is 59.7. The van der Waals surface area contributed by atoms with Crippen LogP contribution in [0.4, 0.5) is 13.2 Å². The number of carbonyl (C=O) groups is 4. The minimum absolute atomic E-state index is 0.0171. The summed E-state index contributed by atoms with van der Waals surface area (Å²) in [5, 5.41) is 38.6. The number of halogens is 3. The molecule has 4 aromatic heterocycles. The Hall–Kier alpha value is -13.0. The van der Waals surface area contributed by atoms with Gasteiger partial charge < -0.3 is 43.7 Å². The molecule has 16 rings (SSSR count). The molecule has 0 bridgehead atoms. The van der Waals surface area contributed by atoms with Crippen molar-refractivity contribution in [3.63, 3.8) is 0 Å². The fourth-order valence-corrected chi connectivity index (χ4v) is 15.5. The van der Waals surface area contributed by atoms with Crippen LogP contribution in [-0.2, 0) is 0 Å². The molecule has 12 aromatic rings. The highest BCUT2D eigenvalue weighted by Crippen LogP contribution is 2.40. The third-order valence-corrected chi connectivity index (χ3v) is 23.3. The molecule has 0 saturated carbocycles. The SMILES string of the molecule is C#Cc1ccc(C2CN(C(=O)c3ccc(C)c(-c4[nH]nc(OCC(C)(C)O)c4C)c3)C2)cc1.CCOc1n[nH]c(-c2cc(C(=O)N3CC(c4ccc(C)cc4)C3)ccc2C)c1C.Cc1ccc(C2CN(C(=O)c3ccc(C)c(-c4[nH]nc(OC(C)C)c4C)c3)C2)cc1.Cc1ccc(C2CN(C(=O)c3ccc(C)c(-c4[nH]nc(OCC(F)(F)F)c4C)c3)C2)cc1. The van der Waals surface area contributed by atoms with E-state index >= 15 is 0 Å². The van der Waals surface area contributed by atoms with E-state index in [2.05, 4.69) is 133 Å². The van der Waals surface area contributed by atoms with Crippen molar-refractivity contribution < 1.29 is 56.4 Å². The summed E-state index contributed by atoms with van der Waals surface area (Å²) in [5.41, 5.74) is 25.3. The molecule has 8 aromatic carbocycles. The summed E-state index contributed by atoms with van der Waals surface area (Å²) in [6, 6.07) is 56.4. The van der Waals surface area contributed by atoms with E-state index < -0.39 is 18.4 Å². The lowest BCUT2D eigenvalue weighted by molar-refractivity contribution is -0.154. The van der Waals surface area contributed by atoms with Gasteiger partial charge in [-0.2, -0.15) is 13.2 Å². The van der Waals surface area contributed by atoms with Gasteiger partial charge in [-0.15, -0.1) is 26.8 Å². The van der Waals surface area contributed by atoms with Crippen molar-refractivity contribution >= 4 is 23.6 Å². The molecule has 644 valence electrons. The number of terminal acetylenes is 1. The number of rotatable bonds is 21. The molecule has 0 atom stereocenters. The normalized spacial score (nSPS) is 14.1. The summed E-state index contributed by atoms with van der Waals surface area (Å²) >= 11 is 0. The second-order valence-corrected chi connectivity index (χ2v) is 34.0. The molecule has 4 saturated heterocycles. The average molecular weight is 1680 g/mol. The lowest BCUT2D eigenvalue weighted by Crippen LogP contribution is -2.48. The van der Waals surface area contributed by atoms with E-state index in [1.807, 2.05) is 176 Å². The Morgan fingerprint density at radius 2 is 0.669 bits per heavy atom. The minimum Gasteiger partial charge on any atom is -0.477 e. The van der Waals surface area contributed by atoms with Gasteiger partial charge in [-0.05, 0) is 216 Å². The molecule has 0 spiro atoms.